The summed E-state index contributed by atoms with van der Waals surface area (Å²) in [6.07, 6.45) is 9.29. The zero-order valence-electron chi connectivity index (χ0n) is 20.2. The van der Waals surface area contributed by atoms with Crippen molar-refractivity contribution in [2.24, 2.45) is 5.92 Å². The normalized spacial score (nSPS) is 31.9. The molecule has 3 amide bonds. The first kappa shape index (κ1) is 22.0. The molecule has 1 N–H and O–H groups in total. The first-order valence-corrected chi connectivity index (χ1v) is 13.1. The fourth-order valence-electron chi connectivity index (χ4n) is 6.95. The van der Waals surface area contributed by atoms with Crippen molar-refractivity contribution in [1.82, 2.24) is 20.1 Å². The maximum absolute atomic E-state index is 13.2. The lowest BCUT2D eigenvalue weighted by atomic mass is 9.63. The zero-order valence-corrected chi connectivity index (χ0v) is 20.2. The summed E-state index contributed by atoms with van der Waals surface area (Å²) >= 11 is 0. The molecule has 8 rings (SSSR count). The van der Waals surface area contributed by atoms with Gasteiger partial charge in [0.15, 0.2) is 0 Å². The Kier molecular flexibility index (Phi) is 4.96. The number of hydrogen-bond donors (Lipinski definition) is 1. The number of rotatable bonds is 5. The molecule has 2 saturated carbocycles. The number of benzene rings is 1. The highest BCUT2D eigenvalue weighted by atomic mass is 16.5. The Bertz CT molecular complexity index is 1240. The maximum atomic E-state index is 13.2. The van der Waals surface area contributed by atoms with Crippen LogP contribution in [0, 0.1) is 5.92 Å². The van der Waals surface area contributed by atoms with E-state index in [0.717, 1.165) is 43.7 Å². The van der Waals surface area contributed by atoms with Crippen LogP contribution in [0.4, 0.5) is 0 Å². The molecular formula is C28H30N4O4. The average molecular weight is 487 g/mol. The predicted molar refractivity (Wildman–Crippen MR) is 130 cm³/mol. The Morgan fingerprint density at radius 2 is 1.75 bits per heavy atom. The Hall–Kier alpha value is -3.26. The summed E-state index contributed by atoms with van der Waals surface area (Å²) in [4.78, 5) is 46.1. The number of carbonyl (C=O) groups excluding carboxylic acids is 3. The number of nitrogens with zero attached hydrogens (tertiary/aromatic N) is 3. The number of amides is 3. The average Bonchev–Trinajstić information content (AvgIpc) is 3.15. The first-order valence-electron chi connectivity index (χ1n) is 13.1. The third-order valence-electron chi connectivity index (χ3n) is 9.11. The summed E-state index contributed by atoms with van der Waals surface area (Å²) in [5.74, 6) is 0.512. The van der Waals surface area contributed by atoms with Gasteiger partial charge in [-0.15, -0.1) is 0 Å². The van der Waals surface area contributed by atoms with Crippen molar-refractivity contribution in [2.75, 3.05) is 13.1 Å². The van der Waals surface area contributed by atoms with E-state index in [1.54, 1.807) is 4.90 Å². The minimum Gasteiger partial charge on any atom is -0.489 e. The Morgan fingerprint density at radius 1 is 0.972 bits per heavy atom. The summed E-state index contributed by atoms with van der Waals surface area (Å²) in [7, 11) is 0. The maximum Gasteiger partial charge on any atom is 0.255 e. The monoisotopic (exact) mass is 486 g/mol. The molecule has 3 saturated heterocycles. The highest BCUT2D eigenvalue weighted by Crippen LogP contribution is 2.49. The van der Waals surface area contributed by atoms with E-state index in [1.165, 1.54) is 12.0 Å². The third-order valence-corrected chi connectivity index (χ3v) is 9.11. The van der Waals surface area contributed by atoms with Gasteiger partial charge < -0.3 is 9.64 Å². The zero-order chi connectivity index (χ0) is 24.4. The summed E-state index contributed by atoms with van der Waals surface area (Å²) < 4.78 is 6.57. The van der Waals surface area contributed by atoms with E-state index in [0.29, 0.717) is 36.9 Å². The highest BCUT2D eigenvalue weighted by molar-refractivity contribution is 6.10. The Labute approximate surface area is 210 Å². The SMILES string of the molecule is O=C1NC(=O)C2(N3Cc4cc(O[C@H]5CCCCC5N5CC(c6ccncc6)C5)ccc4C3=O)CC1C2. The molecule has 5 fully saturated rings. The van der Waals surface area contributed by atoms with Gasteiger partial charge in [0, 0.05) is 55.5 Å². The number of hydrogen-bond acceptors (Lipinski definition) is 6. The molecule has 0 radical (unpaired) electrons. The van der Waals surface area contributed by atoms with Gasteiger partial charge in [0.1, 0.15) is 17.4 Å². The summed E-state index contributed by atoms with van der Waals surface area (Å²) in [5, 5.41) is 2.45. The summed E-state index contributed by atoms with van der Waals surface area (Å²) in [6.45, 7) is 2.49. The molecule has 1 aromatic carbocycles. The molecule has 0 spiro atoms. The molecule has 186 valence electrons. The van der Waals surface area contributed by atoms with Crippen LogP contribution in [0.3, 0.4) is 0 Å². The van der Waals surface area contributed by atoms with Crippen LogP contribution in [0.1, 0.15) is 65.9 Å². The van der Waals surface area contributed by atoms with E-state index < -0.39 is 5.54 Å². The predicted octanol–water partition coefficient (Wildman–Crippen LogP) is 2.63. The standard InChI is InChI=1S/C28H30N4O4/c33-25-19-12-28(13-19,27(35)30-25)32-16-18-11-21(5-6-22(18)26(32)34)36-24-4-2-1-3-23(24)31-14-20(15-31)17-7-9-29-10-8-17/h5-11,19-20,23-24H,1-4,12-16H2,(H,30,33,35)/t19?,23?,24-,28?/m0/s1. The second-order valence-electron chi connectivity index (χ2n) is 11.1. The number of pyridine rings is 1. The third kappa shape index (κ3) is 3.30. The molecule has 5 heterocycles. The van der Waals surface area contributed by atoms with Crippen LogP contribution in [-0.4, -0.2) is 63.3 Å². The van der Waals surface area contributed by atoms with E-state index >= 15 is 0 Å². The van der Waals surface area contributed by atoms with Gasteiger partial charge in [-0.1, -0.05) is 6.42 Å². The molecule has 2 aromatic rings. The van der Waals surface area contributed by atoms with Crippen molar-refractivity contribution in [2.45, 2.75) is 68.7 Å². The van der Waals surface area contributed by atoms with Crippen molar-refractivity contribution in [3.05, 3.63) is 59.4 Å². The first-order chi connectivity index (χ1) is 17.5. The van der Waals surface area contributed by atoms with Gasteiger partial charge in [-0.05, 0) is 73.6 Å². The molecule has 8 nitrogen and oxygen atoms in total. The van der Waals surface area contributed by atoms with Gasteiger partial charge in [-0.2, -0.15) is 0 Å². The number of ether oxygens (including phenoxy) is 1. The highest BCUT2D eigenvalue weighted by Gasteiger charge is 2.63. The number of likely N-dealkylation sites (tertiary alicyclic amines) is 1. The minimum absolute atomic E-state index is 0.127. The second-order valence-corrected chi connectivity index (χ2v) is 11.1. The largest absolute Gasteiger partial charge is 0.489 e. The van der Waals surface area contributed by atoms with Crippen LogP contribution in [-0.2, 0) is 16.1 Å². The number of nitrogens with one attached hydrogen (secondary N) is 1. The number of carbonyl (C=O) groups is 3. The molecule has 2 atom stereocenters. The van der Waals surface area contributed by atoms with Gasteiger partial charge >= 0.3 is 0 Å². The van der Waals surface area contributed by atoms with E-state index in [-0.39, 0.29) is 29.7 Å². The topological polar surface area (TPSA) is 91.8 Å². The molecule has 6 aliphatic rings. The van der Waals surface area contributed by atoms with Crippen LogP contribution in [0.5, 0.6) is 5.75 Å². The van der Waals surface area contributed by atoms with Crippen molar-refractivity contribution in [1.29, 1.82) is 0 Å². The molecule has 4 aliphatic heterocycles. The van der Waals surface area contributed by atoms with Gasteiger partial charge in [0.25, 0.3) is 11.8 Å². The number of piperidine rings is 2. The van der Waals surface area contributed by atoms with Crippen LogP contribution in [0.25, 0.3) is 0 Å². The van der Waals surface area contributed by atoms with Crippen LogP contribution >= 0.6 is 0 Å². The Balaban J connectivity index is 1.04. The lowest BCUT2D eigenvalue weighted by molar-refractivity contribution is -0.160. The molecule has 8 heteroatoms. The Morgan fingerprint density at radius 3 is 2.53 bits per heavy atom. The van der Waals surface area contributed by atoms with Gasteiger partial charge in [-0.3, -0.25) is 29.6 Å². The fraction of sp³-hybridized carbons (Fsp3) is 0.500. The minimum atomic E-state index is -0.882. The molecule has 2 bridgehead atoms. The number of imide groups is 1. The molecule has 1 aromatic heterocycles. The lowest BCUT2D eigenvalue weighted by Gasteiger charge is -2.53. The van der Waals surface area contributed by atoms with E-state index in [4.69, 9.17) is 4.74 Å². The van der Waals surface area contributed by atoms with Crippen LogP contribution < -0.4 is 10.1 Å². The van der Waals surface area contributed by atoms with Crippen molar-refractivity contribution in [3.8, 4) is 5.75 Å². The second kappa shape index (κ2) is 8.13. The fourth-order valence-corrected chi connectivity index (χ4v) is 6.95. The van der Waals surface area contributed by atoms with Crippen LogP contribution in [0.15, 0.2) is 42.7 Å². The van der Waals surface area contributed by atoms with E-state index in [2.05, 4.69) is 27.3 Å². The van der Waals surface area contributed by atoms with Crippen molar-refractivity contribution >= 4 is 17.7 Å². The van der Waals surface area contributed by atoms with Gasteiger partial charge in [-0.25, -0.2) is 0 Å². The molecule has 2 aliphatic carbocycles. The van der Waals surface area contributed by atoms with E-state index in [9.17, 15) is 14.4 Å². The van der Waals surface area contributed by atoms with Crippen molar-refractivity contribution in [3.63, 3.8) is 0 Å². The quantitative estimate of drug-likeness (QED) is 0.654. The van der Waals surface area contributed by atoms with E-state index in [1.807, 2.05) is 30.6 Å². The summed E-state index contributed by atoms with van der Waals surface area (Å²) in [5.41, 5.74) is 2.00. The van der Waals surface area contributed by atoms with Crippen molar-refractivity contribution < 1.29 is 19.1 Å². The van der Waals surface area contributed by atoms with Crippen LogP contribution in [0.2, 0.25) is 0 Å². The lowest BCUT2D eigenvalue weighted by Crippen LogP contribution is -2.73. The molecule has 36 heavy (non-hydrogen) atoms. The summed E-state index contributed by atoms with van der Waals surface area (Å²) in [6, 6.07) is 10.3. The van der Waals surface area contributed by atoms with Gasteiger partial charge in [0.2, 0.25) is 5.91 Å². The number of aromatic nitrogens is 1. The molecular weight excluding hydrogens is 456 g/mol. The van der Waals surface area contributed by atoms with Gasteiger partial charge in [0.05, 0.1) is 0 Å². The number of fused-ring (bicyclic) bond motifs is 3. The molecule has 1 unspecified atom stereocenters. The smallest absolute Gasteiger partial charge is 0.255 e.